The number of benzene rings is 2. The molecule has 1 atom stereocenters. The van der Waals surface area contributed by atoms with Gasteiger partial charge in [-0.3, -0.25) is 0 Å². The van der Waals surface area contributed by atoms with Gasteiger partial charge in [0.05, 0.1) is 7.11 Å². The first kappa shape index (κ1) is 15.5. The third kappa shape index (κ3) is 4.08. The largest absolute Gasteiger partial charge is 0.496 e. The van der Waals surface area contributed by atoms with Crippen LogP contribution in [0.4, 0.5) is 0 Å². The molecule has 1 unspecified atom stereocenters. The maximum atomic E-state index is 5.39. The molecule has 0 spiro atoms. The van der Waals surface area contributed by atoms with Gasteiger partial charge in [-0.25, -0.2) is 0 Å². The van der Waals surface area contributed by atoms with Crippen molar-refractivity contribution in [1.82, 2.24) is 5.32 Å². The molecular formula is C16H17Br2NO. The van der Waals surface area contributed by atoms with Crippen LogP contribution in [0.15, 0.2) is 51.4 Å². The van der Waals surface area contributed by atoms with Crippen LogP contribution in [0.25, 0.3) is 0 Å². The predicted octanol–water partition coefficient (Wildman–Crippen LogP) is 5.07. The van der Waals surface area contributed by atoms with Gasteiger partial charge in [0.2, 0.25) is 0 Å². The van der Waals surface area contributed by atoms with Gasteiger partial charge in [-0.2, -0.15) is 0 Å². The lowest BCUT2D eigenvalue weighted by atomic mass is 10.1. The SMILES string of the molecule is COc1ccc(Br)cc1CNC(C)c1cccc(Br)c1. The molecule has 2 aromatic rings. The van der Waals surface area contributed by atoms with E-state index in [0.29, 0.717) is 0 Å². The van der Waals surface area contributed by atoms with Gasteiger partial charge < -0.3 is 10.1 Å². The van der Waals surface area contributed by atoms with E-state index in [4.69, 9.17) is 4.74 Å². The average Bonchev–Trinajstić information content (AvgIpc) is 2.45. The van der Waals surface area contributed by atoms with Crippen molar-refractivity contribution in [2.75, 3.05) is 7.11 Å². The Morgan fingerprint density at radius 2 is 1.85 bits per heavy atom. The molecule has 106 valence electrons. The van der Waals surface area contributed by atoms with Crippen LogP contribution in [0.2, 0.25) is 0 Å². The van der Waals surface area contributed by atoms with Crippen molar-refractivity contribution in [1.29, 1.82) is 0 Å². The smallest absolute Gasteiger partial charge is 0.123 e. The minimum Gasteiger partial charge on any atom is -0.496 e. The Labute approximate surface area is 136 Å². The van der Waals surface area contributed by atoms with E-state index in [2.05, 4.69) is 68.4 Å². The molecule has 0 amide bonds. The van der Waals surface area contributed by atoms with E-state index in [1.54, 1.807) is 7.11 Å². The summed E-state index contributed by atoms with van der Waals surface area (Å²) in [4.78, 5) is 0. The van der Waals surface area contributed by atoms with E-state index in [1.165, 1.54) is 5.56 Å². The summed E-state index contributed by atoms with van der Waals surface area (Å²) in [5, 5.41) is 3.52. The zero-order valence-corrected chi connectivity index (χ0v) is 14.7. The summed E-state index contributed by atoms with van der Waals surface area (Å²) in [6.45, 7) is 2.92. The second kappa shape index (κ2) is 7.25. The lowest BCUT2D eigenvalue weighted by Gasteiger charge is -2.16. The van der Waals surface area contributed by atoms with Crippen molar-refractivity contribution in [3.8, 4) is 5.75 Å². The number of hydrogen-bond acceptors (Lipinski definition) is 2. The molecule has 2 rings (SSSR count). The number of ether oxygens (including phenoxy) is 1. The van der Waals surface area contributed by atoms with Gasteiger partial charge in [-0.15, -0.1) is 0 Å². The monoisotopic (exact) mass is 397 g/mol. The quantitative estimate of drug-likeness (QED) is 0.758. The molecular weight excluding hydrogens is 382 g/mol. The highest BCUT2D eigenvalue weighted by Crippen LogP contribution is 2.24. The Kier molecular flexibility index (Phi) is 5.64. The molecule has 0 heterocycles. The first-order valence-corrected chi connectivity index (χ1v) is 8.00. The highest BCUT2D eigenvalue weighted by Gasteiger charge is 2.08. The Hall–Kier alpha value is -0.840. The van der Waals surface area contributed by atoms with E-state index in [-0.39, 0.29) is 6.04 Å². The van der Waals surface area contributed by atoms with Crippen molar-refractivity contribution in [3.05, 3.63) is 62.5 Å². The highest BCUT2D eigenvalue weighted by atomic mass is 79.9. The minimum atomic E-state index is 0.274. The van der Waals surface area contributed by atoms with Crippen LogP contribution in [0.3, 0.4) is 0 Å². The van der Waals surface area contributed by atoms with Crippen LogP contribution >= 0.6 is 31.9 Å². The van der Waals surface area contributed by atoms with Gasteiger partial charge in [0, 0.05) is 27.1 Å². The molecule has 4 heteroatoms. The number of methoxy groups -OCH3 is 1. The molecule has 0 aromatic heterocycles. The molecule has 2 nitrogen and oxygen atoms in total. The standard InChI is InChI=1S/C16H17Br2NO/c1-11(12-4-3-5-14(17)8-12)19-10-13-9-15(18)6-7-16(13)20-2/h3-9,11,19H,10H2,1-2H3. The number of hydrogen-bond donors (Lipinski definition) is 1. The summed E-state index contributed by atoms with van der Waals surface area (Å²) >= 11 is 7.00. The van der Waals surface area contributed by atoms with Crippen molar-refractivity contribution in [2.24, 2.45) is 0 Å². The molecule has 0 aliphatic heterocycles. The molecule has 1 N–H and O–H groups in total. The normalized spacial score (nSPS) is 12.2. The van der Waals surface area contributed by atoms with Gasteiger partial charge in [0.15, 0.2) is 0 Å². The maximum Gasteiger partial charge on any atom is 0.123 e. The molecule has 0 aliphatic rings. The summed E-state index contributed by atoms with van der Waals surface area (Å²) in [7, 11) is 1.70. The fourth-order valence-corrected chi connectivity index (χ4v) is 2.87. The fraction of sp³-hybridized carbons (Fsp3) is 0.250. The van der Waals surface area contributed by atoms with Crippen LogP contribution in [-0.4, -0.2) is 7.11 Å². The first-order valence-electron chi connectivity index (χ1n) is 6.41. The second-order valence-electron chi connectivity index (χ2n) is 4.61. The highest BCUT2D eigenvalue weighted by molar-refractivity contribution is 9.10. The number of nitrogens with one attached hydrogen (secondary N) is 1. The van der Waals surface area contributed by atoms with E-state index >= 15 is 0 Å². The zero-order valence-electron chi connectivity index (χ0n) is 11.5. The van der Waals surface area contributed by atoms with Crippen molar-refractivity contribution in [2.45, 2.75) is 19.5 Å². The predicted molar refractivity (Wildman–Crippen MR) is 90.1 cm³/mol. The molecule has 0 aliphatic carbocycles. The summed E-state index contributed by atoms with van der Waals surface area (Å²) < 4.78 is 7.55. The lowest BCUT2D eigenvalue weighted by Crippen LogP contribution is -2.18. The van der Waals surface area contributed by atoms with Crippen molar-refractivity contribution < 1.29 is 4.74 Å². The molecule has 0 saturated carbocycles. The zero-order chi connectivity index (χ0) is 14.5. The van der Waals surface area contributed by atoms with E-state index in [9.17, 15) is 0 Å². The molecule has 0 radical (unpaired) electrons. The Morgan fingerprint density at radius 1 is 1.10 bits per heavy atom. The average molecular weight is 399 g/mol. The van der Waals surface area contributed by atoms with Gasteiger partial charge >= 0.3 is 0 Å². The van der Waals surface area contributed by atoms with Crippen LogP contribution in [0.5, 0.6) is 5.75 Å². The molecule has 0 fully saturated rings. The van der Waals surface area contributed by atoms with Crippen LogP contribution in [-0.2, 0) is 6.54 Å². The van der Waals surface area contributed by atoms with E-state index in [1.807, 2.05) is 18.2 Å². The van der Waals surface area contributed by atoms with Gasteiger partial charge in [-0.1, -0.05) is 44.0 Å². The molecule has 2 aromatic carbocycles. The molecule has 0 saturated heterocycles. The topological polar surface area (TPSA) is 21.3 Å². The number of rotatable bonds is 5. The second-order valence-corrected chi connectivity index (χ2v) is 6.45. The van der Waals surface area contributed by atoms with Crippen LogP contribution in [0.1, 0.15) is 24.1 Å². The Bertz CT molecular complexity index is 586. The van der Waals surface area contributed by atoms with Gasteiger partial charge in [0.25, 0.3) is 0 Å². The van der Waals surface area contributed by atoms with E-state index < -0.39 is 0 Å². The number of halogens is 2. The van der Waals surface area contributed by atoms with E-state index in [0.717, 1.165) is 26.8 Å². The first-order chi connectivity index (χ1) is 9.60. The third-order valence-corrected chi connectivity index (χ3v) is 4.18. The maximum absolute atomic E-state index is 5.39. The summed E-state index contributed by atoms with van der Waals surface area (Å²) in [6.07, 6.45) is 0. The van der Waals surface area contributed by atoms with Crippen LogP contribution in [0, 0.1) is 0 Å². The molecule has 20 heavy (non-hydrogen) atoms. The minimum absolute atomic E-state index is 0.274. The third-order valence-electron chi connectivity index (χ3n) is 3.19. The van der Waals surface area contributed by atoms with Gasteiger partial charge in [-0.05, 0) is 42.8 Å². The molecule has 0 bridgehead atoms. The Morgan fingerprint density at radius 3 is 2.55 bits per heavy atom. The van der Waals surface area contributed by atoms with Crippen molar-refractivity contribution in [3.63, 3.8) is 0 Å². The summed E-state index contributed by atoms with van der Waals surface area (Å²) in [5.41, 5.74) is 2.40. The van der Waals surface area contributed by atoms with Crippen LogP contribution < -0.4 is 10.1 Å². The van der Waals surface area contributed by atoms with Crippen molar-refractivity contribution >= 4 is 31.9 Å². The summed E-state index contributed by atoms with van der Waals surface area (Å²) in [6, 6.07) is 14.7. The Balaban J connectivity index is 2.06. The summed E-state index contributed by atoms with van der Waals surface area (Å²) in [5.74, 6) is 0.905. The lowest BCUT2D eigenvalue weighted by molar-refractivity contribution is 0.406. The van der Waals surface area contributed by atoms with Gasteiger partial charge in [0.1, 0.15) is 5.75 Å². The fourth-order valence-electron chi connectivity index (χ4n) is 2.04.